The minimum atomic E-state index is -0.118. The zero-order valence-electron chi connectivity index (χ0n) is 10.0. The van der Waals surface area contributed by atoms with E-state index in [1.165, 1.54) is 0 Å². The number of carbonyl (C=O) groups is 1. The lowest BCUT2D eigenvalue weighted by Crippen LogP contribution is -2.16. The van der Waals surface area contributed by atoms with Gasteiger partial charge in [-0.15, -0.1) is 5.10 Å². The third-order valence-corrected chi connectivity index (χ3v) is 3.08. The predicted octanol–water partition coefficient (Wildman–Crippen LogP) is 1.55. The van der Waals surface area contributed by atoms with Crippen molar-refractivity contribution in [2.24, 2.45) is 0 Å². The quantitative estimate of drug-likeness (QED) is 0.858. The van der Waals surface area contributed by atoms with Crippen molar-refractivity contribution in [3.05, 3.63) is 41.6 Å². The van der Waals surface area contributed by atoms with Crippen LogP contribution in [0.25, 0.3) is 0 Å². The van der Waals surface area contributed by atoms with Crippen LogP contribution >= 0.6 is 11.5 Å². The van der Waals surface area contributed by atoms with Crippen LogP contribution in [0.4, 0.5) is 5.00 Å². The Bertz CT molecular complexity index is 513. The molecule has 5 nitrogen and oxygen atoms in total. The Kier molecular flexibility index (Phi) is 4.38. The van der Waals surface area contributed by atoms with Crippen molar-refractivity contribution in [1.82, 2.24) is 14.9 Å². The van der Waals surface area contributed by atoms with E-state index >= 15 is 0 Å². The molecule has 94 valence electrons. The molecule has 1 aromatic heterocycles. The topological polar surface area (TPSA) is 66.9 Å². The smallest absolute Gasteiger partial charge is 0.256 e. The maximum Gasteiger partial charge on any atom is 0.256 e. The lowest BCUT2D eigenvalue weighted by atomic mass is 10.0. The molecule has 0 saturated carbocycles. The molecule has 18 heavy (non-hydrogen) atoms. The third-order valence-electron chi connectivity index (χ3n) is 2.50. The van der Waals surface area contributed by atoms with Gasteiger partial charge < -0.3 is 10.6 Å². The van der Waals surface area contributed by atoms with Crippen molar-refractivity contribution in [3.63, 3.8) is 0 Å². The fraction of sp³-hybridized carbons (Fsp3) is 0.250. The number of aromatic nitrogens is 2. The molecule has 0 fully saturated rings. The summed E-state index contributed by atoms with van der Waals surface area (Å²) < 4.78 is 3.71. The van der Waals surface area contributed by atoms with Crippen LogP contribution in [0, 0.1) is 0 Å². The molecular weight excluding hydrogens is 248 g/mol. The van der Waals surface area contributed by atoms with Gasteiger partial charge in [0.05, 0.1) is 6.20 Å². The molecule has 0 radical (unpaired) electrons. The Hall–Kier alpha value is -1.79. The van der Waals surface area contributed by atoms with Gasteiger partial charge in [-0.2, -0.15) is 0 Å². The van der Waals surface area contributed by atoms with E-state index < -0.39 is 0 Å². The van der Waals surface area contributed by atoms with E-state index in [1.54, 1.807) is 6.20 Å². The van der Waals surface area contributed by atoms with Crippen LogP contribution in [-0.2, 0) is 6.42 Å². The second-order valence-corrected chi connectivity index (χ2v) is 4.53. The normalized spacial score (nSPS) is 10.3. The van der Waals surface area contributed by atoms with E-state index in [-0.39, 0.29) is 5.91 Å². The zero-order chi connectivity index (χ0) is 12.8. The van der Waals surface area contributed by atoms with E-state index in [4.69, 9.17) is 0 Å². The SMILES string of the molecule is CNCCc1ccccc1C(=O)Nc1cnns1. The van der Waals surface area contributed by atoms with Gasteiger partial charge in [0.15, 0.2) is 0 Å². The van der Waals surface area contributed by atoms with Gasteiger partial charge >= 0.3 is 0 Å². The maximum absolute atomic E-state index is 12.1. The molecule has 1 heterocycles. The number of hydrogen-bond acceptors (Lipinski definition) is 5. The van der Waals surface area contributed by atoms with Crippen LogP contribution in [0.3, 0.4) is 0 Å². The number of carbonyl (C=O) groups excluding carboxylic acids is 1. The predicted molar refractivity (Wildman–Crippen MR) is 71.9 cm³/mol. The molecule has 0 spiro atoms. The molecule has 2 N–H and O–H groups in total. The van der Waals surface area contributed by atoms with Crippen LogP contribution in [0.1, 0.15) is 15.9 Å². The number of nitrogens with one attached hydrogen (secondary N) is 2. The highest BCUT2D eigenvalue weighted by Gasteiger charge is 2.11. The minimum absolute atomic E-state index is 0.118. The summed E-state index contributed by atoms with van der Waals surface area (Å²) in [7, 11) is 1.89. The van der Waals surface area contributed by atoms with E-state index in [0.717, 1.165) is 30.1 Å². The number of rotatable bonds is 5. The summed E-state index contributed by atoms with van der Waals surface area (Å²) >= 11 is 1.16. The van der Waals surface area contributed by atoms with Crippen LogP contribution in [0.5, 0.6) is 0 Å². The van der Waals surface area contributed by atoms with E-state index in [9.17, 15) is 4.79 Å². The minimum Gasteiger partial charge on any atom is -0.319 e. The van der Waals surface area contributed by atoms with Crippen molar-refractivity contribution in [2.75, 3.05) is 18.9 Å². The highest BCUT2D eigenvalue weighted by molar-refractivity contribution is 7.10. The summed E-state index contributed by atoms with van der Waals surface area (Å²) in [6.45, 7) is 0.840. The second-order valence-electron chi connectivity index (χ2n) is 3.75. The molecule has 0 atom stereocenters. The number of hydrogen-bond donors (Lipinski definition) is 2. The number of anilines is 1. The summed E-state index contributed by atoms with van der Waals surface area (Å²) in [4.78, 5) is 12.1. The van der Waals surface area contributed by atoms with Gasteiger partial charge in [0, 0.05) is 17.1 Å². The molecule has 1 aromatic carbocycles. The van der Waals surface area contributed by atoms with Crippen LogP contribution < -0.4 is 10.6 Å². The molecule has 0 saturated heterocycles. The summed E-state index contributed by atoms with van der Waals surface area (Å²) in [6.07, 6.45) is 2.36. The molecule has 6 heteroatoms. The van der Waals surface area contributed by atoms with Crippen LogP contribution in [-0.4, -0.2) is 29.1 Å². The second kappa shape index (κ2) is 6.23. The van der Waals surface area contributed by atoms with E-state index in [1.807, 2.05) is 31.3 Å². The third kappa shape index (κ3) is 3.12. The van der Waals surface area contributed by atoms with Crippen molar-refractivity contribution in [3.8, 4) is 0 Å². The first kappa shape index (κ1) is 12.7. The first-order valence-electron chi connectivity index (χ1n) is 5.62. The molecule has 0 bridgehead atoms. The van der Waals surface area contributed by atoms with Crippen molar-refractivity contribution < 1.29 is 4.79 Å². The fourth-order valence-electron chi connectivity index (χ4n) is 1.62. The van der Waals surface area contributed by atoms with Gasteiger partial charge in [-0.05, 0) is 31.6 Å². The fourth-order valence-corrected chi connectivity index (χ4v) is 2.04. The zero-order valence-corrected chi connectivity index (χ0v) is 10.8. The van der Waals surface area contributed by atoms with Gasteiger partial charge in [0.2, 0.25) is 0 Å². The van der Waals surface area contributed by atoms with Gasteiger partial charge in [0.1, 0.15) is 5.00 Å². The van der Waals surface area contributed by atoms with Crippen molar-refractivity contribution in [1.29, 1.82) is 0 Å². The van der Waals surface area contributed by atoms with Gasteiger partial charge in [-0.1, -0.05) is 22.7 Å². The highest BCUT2D eigenvalue weighted by Crippen LogP contribution is 2.14. The Balaban J connectivity index is 2.13. The Morgan fingerprint density at radius 2 is 2.22 bits per heavy atom. The number of nitrogens with zero attached hydrogens (tertiary/aromatic N) is 2. The molecule has 0 aliphatic rings. The molecule has 2 rings (SSSR count). The largest absolute Gasteiger partial charge is 0.319 e. The first-order valence-corrected chi connectivity index (χ1v) is 6.40. The van der Waals surface area contributed by atoms with Gasteiger partial charge in [0.25, 0.3) is 5.91 Å². The van der Waals surface area contributed by atoms with E-state index in [0.29, 0.717) is 10.6 Å². The summed E-state index contributed by atoms with van der Waals surface area (Å²) in [5.41, 5.74) is 1.72. The average molecular weight is 262 g/mol. The standard InChI is InChI=1S/C12H14N4OS/c1-13-7-6-9-4-2-3-5-10(9)12(17)15-11-8-14-16-18-11/h2-5,8,13H,6-7H2,1H3,(H,15,17). The Morgan fingerprint density at radius 1 is 1.39 bits per heavy atom. The molecule has 0 aliphatic carbocycles. The first-order chi connectivity index (χ1) is 8.81. The van der Waals surface area contributed by atoms with Crippen molar-refractivity contribution >= 4 is 22.4 Å². The van der Waals surface area contributed by atoms with E-state index in [2.05, 4.69) is 20.2 Å². The maximum atomic E-state index is 12.1. The monoisotopic (exact) mass is 262 g/mol. The van der Waals surface area contributed by atoms with Crippen LogP contribution in [0.2, 0.25) is 0 Å². The molecule has 0 unspecified atom stereocenters. The number of amides is 1. The molecular formula is C12H14N4OS. The summed E-state index contributed by atoms with van der Waals surface area (Å²) in [5, 5.41) is 10.2. The Labute approximate surface area is 109 Å². The number of likely N-dealkylation sites (N-methyl/N-ethyl adjacent to an activating group) is 1. The Morgan fingerprint density at radius 3 is 2.94 bits per heavy atom. The van der Waals surface area contributed by atoms with Gasteiger partial charge in [-0.25, -0.2) is 0 Å². The van der Waals surface area contributed by atoms with Crippen LogP contribution in [0.15, 0.2) is 30.5 Å². The highest BCUT2D eigenvalue weighted by atomic mass is 32.1. The number of benzene rings is 1. The summed E-state index contributed by atoms with van der Waals surface area (Å²) in [6, 6.07) is 7.60. The van der Waals surface area contributed by atoms with Gasteiger partial charge in [-0.3, -0.25) is 4.79 Å². The lowest BCUT2D eigenvalue weighted by Gasteiger charge is -2.08. The molecule has 1 amide bonds. The van der Waals surface area contributed by atoms with Crippen molar-refractivity contribution in [2.45, 2.75) is 6.42 Å². The lowest BCUT2D eigenvalue weighted by molar-refractivity contribution is 0.102. The average Bonchev–Trinajstić information content (AvgIpc) is 2.89. The summed E-state index contributed by atoms with van der Waals surface area (Å²) in [5.74, 6) is -0.118. The molecule has 2 aromatic rings. The molecule has 0 aliphatic heterocycles.